The van der Waals surface area contributed by atoms with Crippen molar-refractivity contribution in [2.75, 3.05) is 33.3 Å². The maximum absolute atomic E-state index is 12.6. The van der Waals surface area contributed by atoms with Crippen LogP contribution in [0.4, 0.5) is 0 Å². The first-order valence-electron chi connectivity index (χ1n) is 7.66. The first-order valence-corrected chi connectivity index (χ1v) is 9.33. The van der Waals surface area contributed by atoms with Crippen molar-refractivity contribution >= 4 is 33.2 Å². The Balaban J connectivity index is 1.58. The molecular formula is C17H20BrN2O2S+. The second kappa shape index (κ2) is 7.47. The fourth-order valence-corrected chi connectivity index (χ4v) is 4.16. The fourth-order valence-electron chi connectivity index (χ4n) is 2.84. The van der Waals surface area contributed by atoms with Gasteiger partial charge in [-0.1, -0.05) is 6.07 Å². The number of nitrogens with one attached hydrogen (secondary N) is 1. The number of thiophene rings is 1. The topological polar surface area (TPSA) is 34.0 Å². The highest BCUT2D eigenvalue weighted by Gasteiger charge is 2.25. The van der Waals surface area contributed by atoms with E-state index in [0.29, 0.717) is 5.56 Å². The lowest BCUT2D eigenvalue weighted by Crippen LogP contribution is -3.13. The Hall–Kier alpha value is -1.37. The summed E-state index contributed by atoms with van der Waals surface area (Å²) >= 11 is 5.25. The van der Waals surface area contributed by atoms with E-state index in [4.69, 9.17) is 4.74 Å². The van der Waals surface area contributed by atoms with E-state index >= 15 is 0 Å². The van der Waals surface area contributed by atoms with Gasteiger partial charge in [0.1, 0.15) is 12.3 Å². The Bertz CT molecular complexity index is 667. The molecule has 1 aliphatic heterocycles. The van der Waals surface area contributed by atoms with Crippen LogP contribution in [0.25, 0.3) is 0 Å². The molecule has 0 spiro atoms. The second-order valence-electron chi connectivity index (χ2n) is 5.65. The Morgan fingerprint density at radius 2 is 2.13 bits per heavy atom. The highest BCUT2D eigenvalue weighted by atomic mass is 79.9. The third-order valence-corrected chi connectivity index (χ3v) is 5.66. The van der Waals surface area contributed by atoms with Crippen LogP contribution in [0.2, 0.25) is 0 Å². The van der Waals surface area contributed by atoms with E-state index in [1.165, 1.54) is 4.88 Å². The molecule has 1 aromatic heterocycles. The zero-order valence-corrected chi connectivity index (χ0v) is 15.5. The summed E-state index contributed by atoms with van der Waals surface area (Å²) in [7, 11) is 1.62. The van der Waals surface area contributed by atoms with Gasteiger partial charge in [0, 0.05) is 5.56 Å². The standard InChI is InChI=1S/C17H19BrN2O2S/c1-22-16-5-4-13(11-15(16)18)17(21)20-8-6-19(7-9-20)12-14-3-2-10-23-14/h2-5,10-11H,6-9,12H2,1H3/p+1. The summed E-state index contributed by atoms with van der Waals surface area (Å²) in [6.07, 6.45) is 0. The number of hydrogen-bond donors (Lipinski definition) is 1. The van der Waals surface area contributed by atoms with Crippen LogP contribution in [0.15, 0.2) is 40.2 Å². The molecule has 4 nitrogen and oxygen atoms in total. The van der Waals surface area contributed by atoms with E-state index in [0.717, 1.165) is 42.9 Å². The highest BCUT2D eigenvalue weighted by Crippen LogP contribution is 2.26. The van der Waals surface area contributed by atoms with E-state index in [-0.39, 0.29) is 5.91 Å². The second-order valence-corrected chi connectivity index (χ2v) is 7.53. The molecule has 0 atom stereocenters. The molecule has 1 amide bonds. The number of benzene rings is 1. The van der Waals surface area contributed by atoms with Crippen molar-refractivity contribution in [2.24, 2.45) is 0 Å². The normalized spacial score (nSPS) is 15.7. The number of hydrogen-bond acceptors (Lipinski definition) is 3. The first kappa shape index (κ1) is 16.5. The average molecular weight is 396 g/mol. The molecule has 0 bridgehead atoms. The number of methoxy groups -OCH3 is 1. The van der Waals surface area contributed by atoms with Crippen LogP contribution < -0.4 is 9.64 Å². The number of piperazine rings is 1. The molecule has 122 valence electrons. The van der Waals surface area contributed by atoms with Gasteiger partial charge in [0.05, 0.1) is 42.6 Å². The minimum Gasteiger partial charge on any atom is -0.496 e. The summed E-state index contributed by atoms with van der Waals surface area (Å²) < 4.78 is 6.03. The van der Waals surface area contributed by atoms with E-state index < -0.39 is 0 Å². The van der Waals surface area contributed by atoms with Crippen molar-refractivity contribution in [3.63, 3.8) is 0 Å². The van der Waals surface area contributed by atoms with Gasteiger partial charge < -0.3 is 14.5 Å². The Labute approximate surface area is 148 Å². The van der Waals surface area contributed by atoms with Crippen molar-refractivity contribution in [3.05, 3.63) is 50.6 Å². The lowest BCUT2D eigenvalue weighted by Gasteiger charge is -2.32. The minimum atomic E-state index is 0.100. The van der Waals surface area contributed by atoms with E-state index in [2.05, 4.69) is 33.4 Å². The third kappa shape index (κ3) is 3.94. The van der Waals surface area contributed by atoms with Crippen molar-refractivity contribution in [2.45, 2.75) is 6.54 Å². The van der Waals surface area contributed by atoms with Crippen molar-refractivity contribution in [1.29, 1.82) is 0 Å². The number of halogens is 1. The summed E-state index contributed by atoms with van der Waals surface area (Å²) in [6.45, 7) is 4.68. The molecule has 0 unspecified atom stereocenters. The smallest absolute Gasteiger partial charge is 0.254 e. The largest absolute Gasteiger partial charge is 0.496 e. The summed E-state index contributed by atoms with van der Waals surface area (Å²) in [6, 6.07) is 9.78. The van der Waals surface area contributed by atoms with Crippen molar-refractivity contribution < 1.29 is 14.4 Å². The summed E-state index contributed by atoms with van der Waals surface area (Å²) in [5, 5.41) is 2.12. The number of quaternary nitrogens is 1. The van der Waals surface area contributed by atoms with Crippen LogP contribution in [-0.2, 0) is 6.54 Å². The number of rotatable bonds is 4. The number of carbonyl (C=O) groups is 1. The van der Waals surface area contributed by atoms with Crippen molar-refractivity contribution in [1.82, 2.24) is 4.90 Å². The molecule has 0 aliphatic carbocycles. The third-order valence-electron chi connectivity index (χ3n) is 4.16. The molecule has 1 N–H and O–H groups in total. The highest BCUT2D eigenvalue weighted by molar-refractivity contribution is 9.10. The Morgan fingerprint density at radius 3 is 2.74 bits per heavy atom. The van der Waals surface area contributed by atoms with Crippen LogP contribution >= 0.6 is 27.3 Å². The van der Waals surface area contributed by atoms with Crippen LogP contribution in [-0.4, -0.2) is 44.1 Å². The number of carbonyl (C=O) groups excluding carboxylic acids is 1. The summed E-state index contributed by atoms with van der Waals surface area (Å²) in [4.78, 5) is 17.5. The van der Waals surface area contributed by atoms with Gasteiger partial charge in [-0.15, -0.1) is 11.3 Å². The molecule has 6 heteroatoms. The monoisotopic (exact) mass is 395 g/mol. The van der Waals surface area contributed by atoms with Gasteiger partial charge in [0.25, 0.3) is 5.91 Å². The molecule has 23 heavy (non-hydrogen) atoms. The zero-order chi connectivity index (χ0) is 16.2. The molecule has 0 radical (unpaired) electrons. The fraction of sp³-hybridized carbons (Fsp3) is 0.353. The van der Waals surface area contributed by atoms with Crippen LogP contribution in [0.1, 0.15) is 15.2 Å². The molecule has 1 fully saturated rings. The van der Waals surface area contributed by atoms with Gasteiger partial charge in [-0.25, -0.2) is 0 Å². The summed E-state index contributed by atoms with van der Waals surface area (Å²) in [5.74, 6) is 0.843. The molecule has 2 heterocycles. The molecule has 0 saturated carbocycles. The maximum Gasteiger partial charge on any atom is 0.254 e. The quantitative estimate of drug-likeness (QED) is 0.859. The first-order chi connectivity index (χ1) is 11.2. The average Bonchev–Trinajstić information content (AvgIpc) is 3.08. The molecule has 1 aromatic carbocycles. The molecule has 3 rings (SSSR count). The van der Waals surface area contributed by atoms with Gasteiger partial charge >= 0.3 is 0 Å². The van der Waals surface area contributed by atoms with Gasteiger partial charge in [-0.3, -0.25) is 4.79 Å². The minimum absolute atomic E-state index is 0.100. The lowest BCUT2D eigenvalue weighted by molar-refractivity contribution is -0.917. The SMILES string of the molecule is COc1ccc(C(=O)N2CC[NH+](Cc3cccs3)CC2)cc1Br. The molecule has 1 saturated heterocycles. The maximum atomic E-state index is 12.6. The van der Waals surface area contributed by atoms with Crippen molar-refractivity contribution in [3.8, 4) is 5.75 Å². The zero-order valence-electron chi connectivity index (χ0n) is 13.0. The number of amides is 1. The predicted molar refractivity (Wildman–Crippen MR) is 95.3 cm³/mol. The van der Waals surface area contributed by atoms with Crippen LogP contribution in [0.3, 0.4) is 0 Å². The Morgan fingerprint density at radius 1 is 1.35 bits per heavy atom. The predicted octanol–water partition coefficient (Wildman–Crippen LogP) is 2.06. The summed E-state index contributed by atoms with van der Waals surface area (Å²) in [5.41, 5.74) is 0.708. The lowest BCUT2D eigenvalue weighted by atomic mass is 10.1. The number of ether oxygens (including phenoxy) is 1. The Kier molecular flexibility index (Phi) is 5.35. The molecule has 2 aromatic rings. The van der Waals surface area contributed by atoms with E-state index in [9.17, 15) is 4.79 Å². The molecular weight excluding hydrogens is 376 g/mol. The van der Waals surface area contributed by atoms with E-state index in [1.54, 1.807) is 12.0 Å². The van der Waals surface area contributed by atoms with Gasteiger partial charge in [0.2, 0.25) is 0 Å². The van der Waals surface area contributed by atoms with Gasteiger partial charge in [-0.2, -0.15) is 0 Å². The van der Waals surface area contributed by atoms with E-state index in [1.807, 2.05) is 34.4 Å². The van der Waals surface area contributed by atoms with Gasteiger partial charge in [-0.05, 0) is 45.6 Å². The van der Waals surface area contributed by atoms with Gasteiger partial charge in [0.15, 0.2) is 0 Å². The van der Waals surface area contributed by atoms with Crippen LogP contribution in [0.5, 0.6) is 5.75 Å². The number of nitrogens with zero attached hydrogens (tertiary/aromatic N) is 1. The molecule has 1 aliphatic rings. The van der Waals surface area contributed by atoms with Crippen LogP contribution in [0, 0.1) is 0 Å².